The minimum absolute atomic E-state index is 0.0261. The van der Waals surface area contributed by atoms with Crippen molar-refractivity contribution in [3.63, 3.8) is 0 Å². The fourth-order valence-electron chi connectivity index (χ4n) is 3.21. The van der Waals surface area contributed by atoms with Gasteiger partial charge in [0.1, 0.15) is 6.04 Å². The van der Waals surface area contributed by atoms with Gasteiger partial charge in [0.2, 0.25) is 11.8 Å². The molecular formula is C21H31N3O2. The quantitative estimate of drug-likeness (QED) is 0.762. The van der Waals surface area contributed by atoms with E-state index in [1.807, 2.05) is 12.1 Å². The average molecular weight is 357 g/mol. The summed E-state index contributed by atoms with van der Waals surface area (Å²) in [6.45, 7) is 9.07. The van der Waals surface area contributed by atoms with Gasteiger partial charge >= 0.3 is 0 Å². The van der Waals surface area contributed by atoms with Gasteiger partial charge in [-0.15, -0.1) is 0 Å². The standard InChI is InChI=1S/C21H31N3O2/c1-15(2)7-9-18-14-24(19(12-16(3)4)21(26)23-18)20(25)10-8-17-6-5-11-22-13-17/h5-6,8,10-11,13,15-16,18-19H,7,9,12,14H2,1-4H3,(H,23,26)/b10-8+/t18-,19-/m0/s1. The maximum atomic E-state index is 12.8. The first kappa shape index (κ1) is 20.1. The van der Waals surface area contributed by atoms with E-state index in [0.717, 1.165) is 18.4 Å². The molecule has 2 atom stereocenters. The molecule has 1 aliphatic heterocycles. The average Bonchev–Trinajstić information content (AvgIpc) is 2.60. The number of nitrogens with zero attached hydrogens (tertiary/aromatic N) is 2. The van der Waals surface area contributed by atoms with E-state index >= 15 is 0 Å². The van der Waals surface area contributed by atoms with Crippen molar-refractivity contribution in [2.45, 2.75) is 59.0 Å². The fraction of sp³-hybridized carbons (Fsp3) is 0.571. The van der Waals surface area contributed by atoms with Crippen LogP contribution in [0, 0.1) is 11.8 Å². The highest BCUT2D eigenvalue weighted by Gasteiger charge is 2.36. The molecule has 5 nitrogen and oxygen atoms in total. The van der Waals surface area contributed by atoms with Crippen molar-refractivity contribution in [2.24, 2.45) is 11.8 Å². The Hall–Kier alpha value is -2.17. The summed E-state index contributed by atoms with van der Waals surface area (Å²) in [4.78, 5) is 31.3. The molecule has 1 fully saturated rings. The van der Waals surface area contributed by atoms with Gasteiger partial charge in [0.05, 0.1) is 0 Å². The summed E-state index contributed by atoms with van der Waals surface area (Å²) in [7, 11) is 0. The zero-order chi connectivity index (χ0) is 19.1. The molecular weight excluding hydrogens is 326 g/mol. The summed E-state index contributed by atoms with van der Waals surface area (Å²) < 4.78 is 0. The molecule has 0 unspecified atom stereocenters. The first-order valence-corrected chi connectivity index (χ1v) is 9.56. The van der Waals surface area contributed by atoms with E-state index < -0.39 is 6.04 Å². The highest BCUT2D eigenvalue weighted by molar-refractivity contribution is 5.96. The van der Waals surface area contributed by atoms with Crippen LogP contribution < -0.4 is 5.32 Å². The highest BCUT2D eigenvalue weighted by atomic mass is 16.2. The van der Waals surface area contributed by atoms with Crippen LogP contribution in [0.4, 0.5) is 0 Å². The van der Waals surface area contributed by atoms with Crippen molar-refractivity contribution in [3.8, 4) is 0 Å². The first-order valence-electron chi connectivity index (χ1n) is 9.56. The molecule has 0 radical (unpaired) electrons. The fourth-order valence-corrected chi connectivity index (χ4v) is 3.21. The van der Waals surface area contributed by atoms with Crippen molar-refractivity contribution < 1.29 is 9.59 Å². The van der Waals surface area contributed by atoms with E-state index in [0.29, 0.717) is 24.8 Å². The second kappa shape index (κ2) is 9.51. The molecule has 2 rings (SSSR count). The molecule has 26 heavy (non-hydrogen) atoms. The molecule has 1 N–H and O–H groups in total. The summed E-state index contributed by atoms with van der Waals surface area (Å²) in [5.74, 6) is 0.788. The molecule has 0 bridgehead atoms. The van der Waals surface area contributed by atoms with Gasteiger partial charge in [-0.25, -0.2) is 0 Å². The smallest absolute Gasteiger partial charge is 0.247 e. The van der Waals surface area contributed by atoms with E-state index in [4.69, 9.17) is 0 Å². The zero-order valence-electron chi connectivity index (χ0n) is 16.3. The molecule has 1 aliphatic rings. The maximum absolute atomic E-state index is 12.8. The molecule has 0 spiro atoms. The third-order valence-corrected chi connectivity index (χ3v) is 4.62. The molecule has 1 aromatic heterocycles. The van der Waals surface area contributed by atoms with Crippen LogP contribution in [-0.4, -0.2) is 40.3 Å². The topological polar surface area (TPSA) is 62.3 Å². The van der Waals surface area contributed by atoms with Gasteiger partial charge in [0.15, 0.2) is 0 Å². The van der Waals surface area contributed by atoms with Crippen molar-refractivity contribution in [1.82, 2.24) is 15.2 Å². The number of piperazine rings is 1. The van der Waals surface area contributed by atoms with Gasteiger partial charge in [0, 0.05) is 31.1 Å². The van der Waals surface area contributed by atoms with E-state index in [1.54, 1.807) is 29.4 Å². The van der Waals surface area contributed by atoms with E-state index in [2.05, 4.69) is 38.0 Å². The molecule has 5 heteroatoms. The zero-order valence-corrected chi connectivity index (χ0v) is 16.3. The van der Waals surface area contributed by atoms with Crippen LogP contribution in [0.25, 0.3) is 6.08 Å². The number of amides is 2. The maximum Gasteiger partial charge on any atom is 0.247 e. The van der Waals surface area contributed by atoms with E-state index in [1.165, 1.54) is 0 Å². The van der Waals surface area contributed by atoms with Gasteiger partial charge in [-0.05, 0) is 48.8 Å². The van der Waals surface area contributed by atoms with Gasteiger partial charge in [-0.1, -0.05) is 33.8 Å². The number of hydrogen-bond acceptors (Lipinski definition) is 3. The minimum atomic E-state index is -0.392. The Morgan fingerprint density at radius 2 is 2.12 bits per heavy atom. The number of carbonyl (C=O) groups is 2. The predicted octanol–water partition coefficient (Wildman–Crippen LogP) is 3.27. The Kier molecular flexibility index (Phi) is 7.37. The number of nitrogens with one attached hydrogen (secondary N) is 1. The first-order chi connectivity index (χ1) is 12.4. The lowest BCUT2D eigenvalue weighted by atomic mass is 9.95. The Labute approximate surface area is 156 Å². The van der Waals surface area contributed by atoms with Crippen LogP contribution in [0.1, 0.15) is 52.5 Å². The van der Waals surface area contributed by atoms with E-state index in [9.17, 15) is 9.59 Å². The predicted molar refractivity (Wildman–Crippen MR) is 104 cm³/mol. The molecule has 1 saturated heterocycles. The molecule has 2 heterocycles. The number of rotatable bonds is 7. The molecule has 0 aliphatic carbocycles. The lowest BCUT2D eigenvalue weighted by Gasteiger charge is -2.40. The molecule has 1 aromatic rings. The SMILES string of the molecule is CC(C)CC[C@H]1CN(C(=O)/C=C/c2cccnc2)[C@@H](CC(C)C)C(=O)N1. The van der Waals surface area contributed by atoms with Crippen LogP contribution in [0.2, 0.25) is 0 Å². The Morgan fingerprint density at radius 3 is 2.73 bits per heavy atom. The van der Waals surface area contributed by atoms with Crippen LogP contribution in [0.15, 0.2) is 30.6 Å². The lowest BCUT2D eigenvalue weighted by Crippen LogP contribution is -2.61. The van der Waals surface area contributed by atoms with Crippen LogP contribution in [0.3, 0.4) is 0 Å². The largest absolute Gasteiger partial charge is 0.350 e. The van der Waals surface area contributed by atoms with Gasteiger partial charge in [-0.3, -0.25) is 14.6 Å². The molecule has 142 valence electrons. The molecule has 0 saturated carbocycles. The van der Waals surface area contributed by atoms with Crippen molar-refractivity contribution >= 4 is 17.9 Å². The third kappa shape index (κ3) is 5.97. The number of carbonyl (C=O) groups excluding carboxylic acids is 2. The van der Waals surface area contributed by atoms with Crippen LogP contribution in [-0.2, 0) is 9.59 Å². The Balaban J connectivity index is 2.12. The molecule has 0 aromatic carbocycles. The van der Waals surface area contributed by atoms with E-state index in [-0.39, 0.29) is 17.9 Å². The number of hydrogen-bond donors (Lipinski definition) is 1. The van der Waals surface area contributed by atoms with Gasteiger partial charge < -0.3 is 10.2 Å². The second-order valence-electron chi connectivity index (χ2n) is 7.93. The van der Waals surface area contributed by atoms with Gasteiger partial charge in [0.25, 0.3) is 0 Å². The van der Waals surface area contributed by atoms with Crippen LogP contribution in [0.5, 0.6) is 0 Å². The highest BCUT2D eigenvalue weighted by Crippen LogP contribution is 2.20. The second-order valence-corrected chi connectivity index (χ2v) is 7.93. The number of pyridine rings is 1. The minimum Gasteiger partial charge on any atom is -0.350 e. The van der Waals surface area contributed by atoms with Crippen molar-refractivity contribution in [2.75, 3.05) is 6.54 Å². The van der Waals surface area contributed by atoms with Crippen molar-refractivity contribution in [3.05, 3.63) is 36.2 Å². The van der Waals surface area contributed by atoms with Crippen LogP contribution >= 0.6 is 0 Å². The Bertz CT molecular complexity index is 625. The van der Waals surface area contributed by atoms with Crippen molar-refractivity contribution in [1.29, 1.82) is 0 Å². The summed E-state index contributed by atoms with van der Waals surface area (Å²) >= 11 is 0. The normalized spacial score (nSPS) is 20.8. The lowest BCUT2D eigenvalue weighted by molar-refractivity contribution is -0.142. The summed E-state index contributed by atoms with van der Waals surface area (Å²) in [6.07, 6.45) is 9.34. The molecule has 2 amide bonds. The summed E-state index contributed by atoms with van der Waals surface area (Å²) in [5, 5.41) is 3.12. The number of aromatic nitrogens is 1. The Morgan fingerprint density at radius 1 is 1.35 bits per heavy atom. The third-order valence-electron chi connectivity index (χ3n) is 4.62. The summed E-state index contributed by atoms with van der Waals surface area (Å²) in [5.41, 5.74) is 0.874. The van der Waals surface area contributed by atoms with Gasteiger partial charge in [-0.2, -0.15) is 0 Å². The monoisotopic (exact) mass is 357 g/mol. The summed E-state index contributed by atoms with van der Waals surface area (Å²) in [6, 6.07) is 3.37.